The summed E-state index contributed by atoms with van der Waals surface area (Å²) in [5, 5.41) is 9.09. The maximum atomic E-state index is 9.09. The number of aliphatic hydroxyl groups excluding tert-OH is 1. The summed E-state index contributed by atoms with van der Waals surface area (Å²) in [5.41, 5.74) is 0. The van der Waals surface area contributed by atoms with Crippen molar-refractivity contribution in [1.29, 1.82) is 0 Å². The quantitative estimate of drug-likeness (QED) is 0.531. The van der Waals surface area contributed by atoms with E-state index in [-0.39, 0.29) is 0 Å². The molecule has 0 aromatic heterocycles. The van der Waals surface area contributed by atoms with Gasteiger partial charge in [0.15, 0.2) is 0 Å². The van der Waals surface area contributed by atoms with Gasteiger partial charge in [0.1, 0.15) is 6.10 Å². The monoisotopic (exact) mass is 164 g/mol. The van der Waals surface area contributed by atoms with Gasteiger partial charge in [-0.25, -0.2) is 0 Å². The molecule has 0 saturated carbocycles. The van der Waals surface area contributed by atoms with Gasteiger partial charge in [-0.1, -0.05) is 23.7 Å². The maximum Gasteiger partial charge on any atom is 0.134 e. The predicted molar refractivity (Wildman–Crippen MR) is 48.0 cm³/mol. The molecule has 0 radical (unpaired) electrons. The first-order valence-corrected chi connectivity index (χ1v) is 4.44. The molecule has 0 aliphatic carbocycles. The summed E-state index contributed by atoms with van der Waals surface area (Å²) < 4.78 is 0. The summed E-state index contributed by atoms with van der Waals surface area (Å²) >= 11 is 1.66. The molecule has 0 aromatic carbocycles. The molecule has 1 nitrogen and oxygen atoms in total. The molecule has 2 heteroatoms. The van der Waals surface area contributed by atoms with Crippen molar-refractivity contribution in [2.75, 3.05) is 11.5 Å². The summed E-state index contributed by atoms with van der Waals surface area (Å²) in [6, 6.07) is 0. The fourth-order valence-corrected chi connectivity index (χ4v) is 1.06. The van der Waals surface area contributed by atoms with Gasteiger partial charge in [0, 0.05) is 0 Å². The minimum Gasteiger partial charge on any atom is -0.377 e. The summed E-state index contributed by atoms with van der Waals surface area (Å²) in [7, 11) is 0. The van der Waals surface area contributed by atoms with E-state index in [1.165, 1.54) is 0 Å². The van der Waals surface area contributed by atoms with Crippen LogP contribution in [0.15, 0.2) is 12.2 Å². The Morgan fingerprint density at radius 2 is 2.18 bits per heavy atom. The van der Waals surface area contributed by atoms with Gasteiger partial charge >= 0.3 is 0 Å². The van der Waals surface area contributed by atoms with E-state index < -0.39 is 6.10 Å². The van der Waals surface area contributed by atoms with Crippen molar-refractivity contribution in [3.8, 4) is 23.7 Å². The van der Waals surface area contributed by atoms with Crippen LogP contribution in [0.4, 0.5) is 0 Å². The molecule has 1 rings (SSSR count). The molecule has 0 aromatic rings. The second-order valence-corrected chi connectivity index (χ2v) is 2.92. The molecule has 0 saturated heterocycles. The van der Waals surface area contributed by atoms with Gasteiger partial charge in [0.2, 0.25) is 0 Å². The van der Waals surface area contributed by atoms with Gasteiger partial charge in [-0.15, -0.1) is 11.8 Å². The van der Waals surface area contributed by atoms with Crippen molar-refractivity contribution >= 4 is 11.8 Å². The molecule has 1 aliphatic heterocycles. The fourth-order valence-electron chi connectivity index (χ4n) is 0.587. The SMILES string of the molecule is OC1C#CCSCC#C/C=C/1. The highest BCUT2D eigenvalue weighted by molar-refractivity contribution is 7.99. The highest BCUT2D eigenvalue weighted by Gasteiger charge is 1.89. The van der Waals surface area contributed by atoms with Crippen LogP contribution in [0.3, 0.4) is 0 Å². The Morgan fingerprint density at radius 3 is 3.09 bits per heavy atom. The Bertz CT molecular complexity index is 259. The molecule has 11 heavy (non-hydrogen) atoms. The molecule has 0 amide bonds. The topological polar surface area (TPSA) is 20.2 Å². The standard InChI is InChI=1S/C9H8OS/c10-9-5-2-1-3-7-11-8-4-6-9/h2,5,9-10H,7-8H2/b5-2+. The van der Waals surface area contributed by atoms with Gasteiger partial charge in [-0.05, 0) is 12.2 Å². The maximum absolute atomic E-state index is 9.09. The van der Waals surface area contributed by atoms with Crippen LogP contribution in [0, 0.1) is 23.7 Å². The number of hydrogen-bond acceptors (Lipinski definition) is 2. The van der Waals surface area contributed by atoms with Crippen molar-refractivity contribution < 1.29 is 5.11 Å². The molecule has 1 N–H and O–H groups in total. The number of hydrogen-bond donors (Lipinski definition) is 1. The summed E-state index contributed by atoms with van der Waals surface area (Å²) in [5.74, 6) is 12.8. The molecule has 0 spiro atoms. The zero-order chi connectivity index (χ0) is 7.94. The average molecular weight is 164 g/mol. The molecule has 0 fully saturated rings. The number of aliphatic hydroxyl groups is 1. The first-order chi connectivity index (χ1) is 5.39. The van der Waals surface area contributed by atoms with Crippen LogP contribution in [0.5, 0.6) is 0 Å². The Kier molecular flexibility index (Phi) is 3.69. The summed E-state index contributed by atoms with van der Waals surface area (Å²) in [4.78, 5) is 0. The lowest BCUT2D eigenvalue weighted by Gasteiger charge is -1.92. The first-order valence-electron chi connectivity index (χ1n) is 3.29. The van der Waals surface area contributed by atoms with Crippen molar-refractivity contribution in [2.24, 2.45) is 0 Å². The van der Waals surface area contributed by atoms with E-state index in [2.05, 4.69) is 23.7 Å². The van der Waals surface area contributed by atoms with Crippen molar-refractivity contribution in [3.63, 3.8) is 0 Å². The second-order valence-electron chi connectivity index (χ2n) is 1.94. The molecule has 1 unspecified atom stereocenters. The van der Waals surface area contributed by atoms with E-state index in [0.29, 0.717) is 0 Å². The van der Waals surface area contributed by atoms with Crippen LogP contribution in [-0.4, -0.2) is 22.7 Å². The van der Waals surface area contributed by atoms with Crippen molar-refractivity contribution in [3.05, 3.63) is 12.2 Å². The van der Waals surface area contributed by atoms with Gasteiger partial charge in [0.05, 0.1) is 11.5 Å². The normalized spacial score (nSPS) is 25.4. The Hall–Kier alpha value is -0.830. The number of rotatable bonds is 0. The lowest BCUT2D eigenvalue weighted by atomic mass is 10.3. The molecule has 1 heterocycles. The second kappa shape index (κ2) is 4.91. The van der Waals surface area contributed by atoms with Crippen LogP contribution in [-0.2, 0) is 0 Å². The Labute approximate surface area is 70.9 Å². The van der Waals surface area contributed by atoms with Gasteiger partial charge in [0.25, 0.3) is 0 Å². The molecule has 1 atom stereocenters. The number of thioether (sulfide) groups is 1. The van der Waals surface area contributed by atoms with E-state index in [1.54, 1.807) is 23.9 Å². The van der Waals surface area contributed by atoms with Crippen LogP contribution in [0.25, 0.3) is 0 Å². The van der Waals surface area contributed by atoms with Crippen molar-refractivity contribution in [2.45, 2.75) is 6.10 Å². The minimum absolute atomic E-state index is 0.650. The third kappa shape index (κ3) is 3.78. The zero-order valence-electron chi connectivity index (χ0n) is 6.00. The van der Waals surface area contributed by atoms with Crippen LogP contribution < -0.4 is 0 Å². The van der Waals surface area contributed by atoms with Crippen molar-refractivity contribution in [1.82, 2.24) is 0 Å². The van der Waals surface area contributed by atoms with E-state index in [0.717, 1.165) is 11.5 Å². The predicted octanol–water partition coefficient (Wildman–Crippen LogP) is 0.657. The smallest absolute Gasteiger partial charge is 0.134 e. The van der Waals surface area contributed by atoms with Gasteiger partial charge < -0.3 is 5.11 Å². The van der Waals surface area contributed by atoms with E-state index >= 15 is 0 Å². The van der Waals surface area contributed by atoms with Gasteiger partial charge in [-0.2, -0.15) is 0 Å². The molecular weight excluding hydrogens is 156 g/mol. The molecule has 0 bridgehead atoms. The fraction of sp³-hybridized carbons (Fsp3) is 0.333. The van der Waals surface area contributed by atoms with Crippen LogP contribution in [0.1, 0.15) is 0 Å². The average Bonchev–Trinajstić information content (AvgIpc) is 2.03. The third-order valence-electron chi connectivity index (χ3n) is 1.06. The lowest BCUT2D eigenvalue weighted by molar-refractivity contribution is 0.281. The zero-order valence-corrected chi connectivity index (χ0v) is 6.82. The molecular formula is C9H8OS. The largest absolute Gasteiger partial charge is 0.377 e. The highest BCUT2D eigenvalue weighted by Crippen LogP contribution is 1.96. The Balaban J connectivity index is 2.61. The van der Waals surface area contributed by atoms with Crippen LogP contribution in [0.2, 0.25) is 0 Å². The number of allylic oxidation sites excluding steroid dienone is 1. The molecule has 56 valence electrons. The van der Waals surface area contributed by atoms with E-state index in [9.17, 15) is 0 Å². The summed E-state index contributed by atoms with van der Waals surface area (Å²) in [6.45, 7) is 0. The van der Waals surface area contributed by atoms with E-state index in [4.69, 9.17) is 5.11 Å². The minimum atomic E-state index is -0.650. The molecule has 1 aliphatic rings. The first kappa shape index (κ1) is 8.27. The van der Waals surface area contributed by atoms with Gasteiger partial charge in [-0.3, -0.25) is 0 Å². The van der Waals surface area contributed by atoms with E-state index in [1.807, 2.05) is 0 Å². The summed E-state index contributed by atoms with van der Waals surface area (Å²) in [6.07, 6.45) is 2.59. The third-order valence-corrected chi connectivity index (χ3v) is 1.76. The Morgan fingerprint density at radius 1 is 1.36 bits per heavy atom. The lowest BCUT2D eigenvalue weighted by Crippen LogP contribution is -1.97. The highest BCUT2D eigenvalue weighted by atomic mass is 32.2. The van der Waals surface area contributed by atoms with Crippen LogP contribution >= 0.6 is 11.8 Å².